The molecule has 0 aromatic carbocycles. The topological polar surface area (TPSA) is 91.3 Å². The van der Waals surface area contributed by atoms with Crippen molar-refractivity contribution in [3.63, 3.8) is 0 Å². The summed E-state index contributed by atoms with van der Waals surface area (Å²) in [5.41, 5.74) is 1.33. The third kappa shape index (κ3) is 12.5. The Bertz CT molecular complexity index is 1090. The van der Waals surface area contributed by atoms with Gasteiger partial charge in [-0.3, -0.25) is 0 Å². The largest absolute Gasteiger partial charge is 0.458 e. The second-order valence-corrected chi connectivity index (χ2v) is 12.3. The van der Waals surface area contributed by atoms with Gasteiger partial charge in [-0.05, 0) is 88.4 Å². The first kappa shape index (κ1) is 30.7. The van der Waals surface area contributed by atoms with Crippen LogP contribution in [0.1, 0.15) is 71.2 Å². The molecule has 2 rings (SSSR count). The maximum Gasteiger partial charge on any atom is 0.434 e. The highest BCUT2D eigenvalue weighted by atomic mass is 79.9. The van der Waals surface area contributed by atoms with E-state index in [4.69, 9.17) is 14.2 Å². The molecule has 0 N–H and O–H groups in total. The number of aliphatic imine (C=N–C) groups is 1. The summed E-state index contributed by atoms with van der Waals surface area (Å²) in [6.07, 6.45) is 7.56. The van der Waals surface area contributed by atoms with Crippen molar-refractivity contribution in [1.82, 2.24) is 0 Å². The van der Waals surface area contributed by atoms with Crippen LogP contribution in [-0.4, -0.2) is 41.6 Å². The minimum Gasteiger partial charge on any atom is -0.458 e. The first-order chi connectivity index (χ1) is 17.3. The maximum absolute atomic E-state index is 12.9. The molecule has 1 amide bonds. The van der Waals surface area contributed by atoms with Crippen molar-refractivity contribution in [2.45, 2.75) is 91.5 Å². The van der Waals surface area contributed by atoms with Gasteiger partial charge in [0.1, 0.15) is 23.5 Å². The number of carbonyl (C=O) groups is 3. The first-order valence-corrected chi connectivity index (χ1v) is 13.9. The molecule has 0 aliphatic carbocycles. The Kier molecular flexibility index (Phi) is 12.0. The number of aryl methyl sites for hydroxylation is 1. The lowest BCUT2D eigenvalue weighted by Gasteiger charge is -2.18. The molecule has 0 unspecified atom stereocenters. The van der Waals surface area contributed by atoms with E-state index in [-0.39, 0.29) is 12.1 Å². The van der Waals surface area contributed by atoms with Crippen molar-refractivity contribution in [3.05, 3.63) is 56.2 Å². The molecule has 0 saturated carbocycles. The third-order valence-electron chi connectivity index (χ3n) is 5.06. The number of amides is 1. The predicted molar refractivity (Wildman–Crippen MR) is 150 cm³/mol. The van der Waals surface area contributed by atoms with Crippen LogP contribution < -0.4 is 0 Å². The minimum atomic E-state index is -0.810. The van der Waals surface area contributed by atoms with Crippen LogP contribution in [0.15, 0.2) is 50.8 Å². The van der Waals surface area contributed by atoms with E-state index in [0.29, 0.717) is 25.7 Å². The minimum absolute atomic E-state index is 0.0491. The van der Waals surface area contributed by atoms with E-state index in [0.717, 1.165) is 20.5 Å². The molecule has 37 heavy (non-hydrogen) atoms. The van der Waals surface area contributed by atoms with Crippen molar-refractivity contribution in [2.75, 3.05) is 0 Å². The van der Waals surface area contributed by atoms with E-state index < -0.39 is 35.8 Å². The van der Waals surface area contributed by atoms with Crippen molar-refractivity contribution >= 4 is 51.0 Å². The molecule has 0 saturated heterocycles. The Morgan fingerprint density at radius 3 is 2.62 bits per heavy atom. The molecule has 1 aliphatic rings. The van der Waals surface area contributed by atoms with Gasteiger partial charge in [0, 0.05) is 23.8 Å². The van der Waals surface area contributed by atoms with Crippen molar-refractivity contribution in [2.24, 2.45) is 4.99 Å². The van der Waals surface area contributed by atoms with Gasteiger partial charge in [-0.1, -0.05) is 33.7 Å². The van der Waals surface area contributed by atoms with Crippen LogP contribution in [0.2, 0.25) is 0 Å². The fourth-order valence-corrected chi connectivity index (χ4v) is 4.87. The summed E-state index contributed by atoms with van der Waals surface area (Å²) in [5, 5.41) is 2.05. The molecule has 0 spiro atoms. The zero-order valence-electron chi connectivity index (χ0n) is 22.3. The molecule has 0 radical (unpaired) electrons. The van der Waals surface area contributed by atoms with E-state index >= 15 is 0 Å². The molecule has 0 fully saturated rings. The number of ether oxygens (including phenoxy) is 3. The second-order valence-electron chi connectivity index (χ2n) is 10.0. The summed E-state index contributed by atoms with van der Waals surface area (Å²) >= 11 is 5.02. The van der Waals surface area contributed by atoms with Crippen LogP contribution in [0.5, 0.6) is 0 Å². The van der Waals surface area contributed by atoms with Gasteiger partial charge in [0.05, 0.1) is 0 Å². The number of rotatable bonds is 1. The van der Waals surface area contributed by atoms with Crippen LogP contribution in [0.25, 0.3) is 0 Å². The van der Waals surface area contributed by atoms with Crippen LogP contribution in [0.4, 0.5) is 4.79 Å². The van der Waals surface area contributed by atoms with Gasteiger partial charge in [-0.15, -0.1) is 11.3 Å². The quantitative estimate of drug-likeness (QED) is 0.256. The Hall–Kier alpha value is -2.52. The standard InChI is InChI=1S/C28H36BrNO6S/c1-18-9-7-12-25(31)35-22(14-19(2)29)16-23-15-21(17-37-23)10-8-11-24(26(32)34-20(3)13-18)30-27(33)36-28(4,5)6/h7,9,12,14-15,17,20,22H,8,10-11,13,16H2,1-6H3/b12-7-,18-9+,19-14+,30-24+/t20-,22+/m0/s1. The van der Waals surface area contributed by atoms with Gasteiger partial charge in [-0.25, -0.2) is 14.4 Å². The molecule has 1 aromatic heterocycles. The highest BCUT2D eigenvalue weighted by Crippen LogP contribution is 2.22. The summed E-state index contributed by atoms with van der Waals surface area (Å²) in [6.45, 7) is 10.8. The fourth-order valence-electron chi connectivity index (χ4n) is 3.61. The van der Waals surface area contributed by atoms with E-state index in [2.05, 4.69) is 32.4 Å². The summed E-state index contributed by atoms with van der Waals surface area (Å²) in [7, 11) is 0. The van der Waals surface area contributed by atoms with Crippen LogP contribution in [0.3, 0.4) is 0 Å². The highest BCUT2D eigenvalue weighted by Gasteiger charge is 2.22. The SMILES string of the molecule is C/C(Br)=C\[C@@H]1Cc2cc(cs2)CCC/C(=N\C(=O)OC(C)(C)C)C(=O)O[C@@H](C)C/C(C)=C/C=C\C(=O)O1. The molecule has 9 heteroatoms. The lowest BCUT2D eigenvalue weighted by Crippen LogP contribution is -2.27. The Morgan fingerprint density at radius 1 is 1.22 bits per heavy atom. The number of hydrogen-bond acceptors (Lipinski definition) is 7. The van der Waals surface area contributed by atoms with Crippen LogP contribution in [0, 0.1) is 0 Å². The van der Waals surface area contributed by atoms with Gasteiger partial charge in [0.2, 0.25) is 0 Å². The van der Waals surface area contributed by atoms with Crippen LogP contribution >= 0.6 is 27.3 Å². The van der Waals surface area contributed by atoms with Gasteiger partial charge in [0.15, 0.2) is 0 Å². The Balaban J connectivity index is 2.32. The summed E-state index contributed by atoms with van der Waals surface area (Å²) in [5.74, 6) is -1.06. The fraction of sp³-hybridized carbons (Fsp3) is 0.500. The number of fused-ring (bicyclic) bond motifs is 2. The third-order valence-corrected chi connectivity index (χ3v) is 6.33. The van der Waals surface area contributed by atoms with E-state index in [9.17, 15) is 14.4 Å². The van der Waals surface area contributed by atoms with E-state index in [1.54, 1.807) is 51.2 Å². The number of halogens is 1. The molecule has 7 nitrogen and oxygen atoms in total. The number of carbonyl (C=O) groups excluding carboxylic acids is 3. The Labute approximate surface area is 231 Å². The van der Waals surface area contributed by atoms with Crippen molar-refractivity contribution < 1.29 is 28.6 Å². The molecule has 1 aliphatic heterocycles. The number of esters is 2. The molecule has 2 heterocycles. The normalized spacial score (nSPS) is 24.6. The molecule has 2 atom stereocenters. The molecule has 202 valence electrons. The Morgan fingerprint density at radius 2 is 1.95 bits per heavy atom. The number of allylic oxidation sites excluding steroid dienone is 3. The lowest BCUT2D eigenvalue weighted by atomic mass is 10.1. The smallest absolute Gasteiger partial charge is 0.434 e. The number of nitrogens with zero attached hydrogens (tertiary/aromatic N) is 1. The summed E-state index contributed by atoms with van der Waals surface area (Å²) < 4.78 is 17.4. The van der Waals surface area contributed by atoms with Gasteiger partial charge >= 0.3 is 18.0 Å². The van der Waals surface area contributed by atoms with E-state index in [1.807, 2.05) is 19.9 Å². The number of hydrogen-bond donors (Lipinski definition) is 0. The average Bonchev–Trinajstić information content (AvgIpc) is 3.17. The second kappa shape index (κ2) is 14.4. The first-order valence-electron chi connectivity index (χ1n) is 12.3. The monoisotopic (exact) mass is 593 g/mol. The molecular weight excluding hydrogens is 558 g/mol. The average molecular weight is 595 g/mol. The maximum atomic E-state index is 12.9. The van der Waals surface area contributed by atoms with Crippen molar-refractivity contribution in [1.29, 1.82) is 0 Å². The summed E-state index contributed by atoms with van der Waals surface area (Å²) in [6, 6.07) is 2.07. The van der Waals surface area contributed by atoms with E-state index in [1.165, 1.54) is 6.08 Å². The van der Waals surface area contributed by atoms with Gasteiger partial charge < -0.3 is 14.2 Å². The summed E-state index contributed by atoms with van der Waals surface area (Å²) in [4.78, 5) is 42.7. The zero-order valence-corrected chi connectivity index (χ0v) is 24.7. The lowest BCUT2D eigenvalue weighted by molar-refractivity contribution is -0.141. The molecule has 1 aromatic rings. The molecule has 2 bridgehead atoms. The highest BCUT2D eigenvalue weighted by molar-refractivity contribution is 9.11. The number of thiophene rings is 1. The van der Waals surface area contributed by atoms with Crippen LogP contribution in [-0.2, 0) is 36.6 Å². The number of cyclic esters (lactones) is 2. The van der Waals surface area contributed by atoms with Gasteiger partial charge in [0.25, 0.3) is 0 Å². The molecular formula is C28H36BrNO6S. The zero-order chi connectivity index (χ0) is 27.6. The predicted octanol–water partition coefficient (Wildman–Crippen LogP) is 7.04. The van der Waals surface area contributed by atoms with Gasteiger partial charge in [-0.2, -0.15) is 4.99 Å². The van der Waals surface area contributed by atoms with Crippen molar-refractivity contribution in [3.8, 4) is 0 Å².